The minimum absolute atomic E-state index is 0.0178. The minimum atomic E-state index is -4.76. The van der Waals surface area contributed by atoms with Crippen LogP contribution in [0.5, 0.6) is 0 Å². The second-order valence-corrected chi connectivity index (χ2v) is 4.61. The van der Waals surface area contributed by atoms with Gasteiger partial charge in [0.05, 0.1) is 12.7 Å². The van der Waals surface area contributed by atoms with Crippen LogP contribution in [0.2, 0.25) is 0 Å². The van der Waals surface area contributed by atoms with E-state index in [-0.39, 0.29) is 12.0 Å². The fraction of sp³-hybridized carbons (Fsp3) is 0.364. The molecule has 0 heterocycles. The number of carbonyl (C=O) groups is 1. The van der Waals surface area contributed by atoms with Gasteiger partial charge in [0.2, 0.25) is 0 Å². The number of hydrogen-bond acceptors (Lipinski definition) is 2. The Morgan fingerprint density at radius 1 is 1.44 bits per heavy atom. The molecule has 0 bridgehead atoms. The van der Waals surface area contributed by atoms with Crippen LogP contribution in [0.3, 0.4) is 0 Å². The van der Waals surface area contributed by atoms with Crippen molar-refractivity contribution >= 4 is 21.9 Å². The maximum atomic E-state index is 13.0. The van der Waals surface area contributed by atoms with Crippen molar-refractivity contribution in [2.45, 2.75) is 17.4 Å². The maximum absolute atomic E-state index is 13.0. The van der Waals surface area contributed by atoms with Crippen LogP contribution >= 0.6 is 15.9 Å². The van der Waals surface area contributed by atoms with E-state index in [1.54, 1.807) is 0 Å². The van der Waals surface area contributed by atoms with Gasteiger partial charge < -0.3 is 4.74 Å². The summed E-state index contributed by atoms with van der Waals surface area (Å²) in [5.74, 6) is -1.94. The molecule has 0 saturated heterocycles. The van der Waals surface area contributed by atoms with Crippen molar-refractivity contribution in [2.75, 3.05) is 7.11 Å². The average molecular weight is 329 g/mol. The molecule has 1 rings (SSSR count). The van der Waals surface area contributed by atoms with Gasteiger partial charge in [0.1, 0.15) is 10.6 Å². The molecular formula is C11H9BrF4O2. The first-order valence-corrected chi connectivity index (χ1v) is 5.74. The molecule has 0 saturated carbocycles. The summed E-state index contributed by atoms with van der Waals surface area (Å²) in [6.45, 7) is 0. The number of ether oxygens (including phenoxy) is 1. The van der Waals surface area contributed by atoms with Gasteiger partial charge in [-0.25, -0.2) is 4.39 Å². The summed E-state index contributed by atoms with van der Waals surface area (Å²) in [6, 6.07) is 2.61. The highest BCUT2D eigenvalue weighted by Gasteiger charge is 2.34. The first-order chi connectivity index (χ1) is 8.25. The second-order valence-electron chi connectivity index (χ2n) is 3.51. The van der Waals surface area contributed by atoms with E-state index in [9.17, 15) is 22.4 Å². The Labute approximate surface area is 109 Å². The Bertz CT molecular complexity index is 445. The van der Waals surface area contributed by atoms with Crippen LogP contribution in [0.4, 0.5) is 17.6 Å². The lowest BCUT2D eigenvalue weighted by Gasteiger charge is -2.11. The number of hydrogen-bond donors (Lipinski definition) is 0. The van der Waals surface area contributed by atoms with Crippen molar-refractivity contribution in [3.8, 4) is 0 Å². The molecule has 0 N–H and O–H groups in total. The molecule has 0 aromatic heterocycles. The van der Waals surface area contributed by atoms with Gasteiger partial charge in [-0.15, -0.1) is 0 Å². The molecule has 1 atom stereocenters. The fourth-order valence-corrected chi connectivity index (χ4v) is 1.90. The molecule has 18 heavy (non-hydrogen) atoms. The molecule has 2 nitrogen and oxygen atoms in total. The molecule has 1 unspecified atom stereocenters. The maximum Gasteiger partial charge on any atom is 0.419 e. The zero-order valence-electron chi connectivity index (χ0n) is 9.22. The third-order valence-electron chi connectivity index (χ3n) is 2.21. The predicted octanol–water partition coefficient (Wildman–Crippen LogP) is 3.32. The van der Waals surface area contributed by atoms with E-state index in [2.05, 4.69) is 20.7 Å². The van der Waals surface area contributed by atoms with Crippen molar-refractivity contribution in [3.63, 3.8) is 0 Å². The molecule has 1 aromatic carbocycles. The summed E-state index contributed by atoms with van der Waals surface area (Å²) in [7, 11) is 1.17. The molecule has 0 aliphatic rings. The Hall–Kier alpha value is -1.11. The average Bonchev–Trinajstić information content (AvgIpc) is 2.29. The zero-order valence-corrected chi connectivity index (χ0v) is 10.8. The van der Waals surface area contributed by atoms with Crippen molar-refractivity contribution < 1.29 is 27.1 Å². The van der Waals surface area contributed by atoms with Crippen LogP contribution < -0.4 is 0 Å². The lowest BCUT2D eigenvalue weighted by molar-refractivity contribution is -0.140. The summed E-state index contributed by atoms with van der Waals surface area (Å²) in [6.07, 6.45) is -4.77. The van der Waals surface area contributed by atoms with Gasteiger partial charge in [0.15, 0.2) is 0 Å². The molecule has 7 heteroatoms. The summed E-state index contributed by atoms with van der Waals surface area (Å²) in [5, 5.41) is 0. The van der Waals surface area contributed by atoms with Crippen molar-refractivity contribution in [2.24, 2.45) is 0 Å². The molecule has 1 aromatic rings. The van der Waals surface area contributed by atoms with Crippen LogP contribution in [0, 0.1) is 5.82 Å². The quantitative estimate of drug-likeness (QED) is 0.483. The van der Waals surface area contributed by atoms with E-state index >= 15 is 0 Å². The number of halogens is 5. The van der Waals surface area contributed by atoms with Gasteiger partial charge >= 0.3 is 12.1 Å². The Balaban J connectivity index is 2.96. The van der Waals surface area contributed by atoms with Crippen molar-refractivity contribution in [3.05, 3.63) is 35.1 Å². The van der Waals surface area contributed by atoms with Crippen LogP contribution in [0.1, 0.15) is 11.1 Å². The van der Waals surface area contributed by atoms with E-state index in [0.29, 0.717) is 6.07 Å². The lowest BCUT2D eigenvalue weighted by atomic mass is 10.1. The van der Waals surface area contributed by atoms with Crippen LogP contribution in [0.15, 0.2) is 18.2 Å². The molecule has 0 aliphatic carbocycles. The number of esters is 1. The first-order valence-electron chi connectivity index (χ1n) is 4.83. The summed E-state index contributed by atoms with van der Waals surface area (Å²) >= 11 is 2.98. The van der Waals surface area contributed by atoms with Crippen molar-refractivity contribution in [1.82, 2.24) is 0 Å². The fourth-order valence-electron chi connectivity index (χ4n) is 1.33. The van der Waals surface area contributed by atoms with Crippen LogP contribution in [-0.4, -0.2) is 17.9 Å². The number of benzene rings is 1. The number of carbonyl (C=O) groups excluding carboxylic acids is 1. The smallest absolute Gasteiger partial charge is 0.419 e. The minimum Gasteiger partial charge on any atom is -0.468 e. The first kappa shape index (κ1) is 14.9. The van der Waals surface area contributed by atoms with Crippen molar-refractivity contribution in [1.29, 1.82) is 0 Å². The number of methoxy groups -OCH3 is 1. The predicted molar refractivity (Wildman–Crippen MR) is 59.8 cm³/mol. The SMILES string of the molecule is COC(=O)C(Br)Cc1ccc(F)c(C(F)(F)F)c1. The topological polar surface area (TPSA) is 26.3 Å². The largest absolute Gasteiger partial charge is 0.468 e. The highest BCUT2D eigenvalue weighted by atomic mass is 79.9. The van der Waals surface area contributed by atoms with E-state index in [1.807, 2.05) is 0 Å². The zero-order chi connectivity index (χ0) is 13.9. The van der Waals surface area contributed by atoms with Gasteiger partial charge in [-0.05, 0) is 24.1 Å². The third-order valence-corrected chi connectivity index (χ3v) is 2.91. The molecule has 0 spiro atoms. The number of rotatable bonds is 3. The summed E-state index contributed by atoms with van der Waals surface area (Å²) in [5.41, 5.74) is -1.15. The van der Waals surface area contributed by atoms with Gasteiger partial charge in [-0.2, -0.15) is 13.2 Å². The Morgan fingerprint density at radius 3 is 2.56 bits per heavy atom. The second kappa shape index (κ2) is 5.69. The molecule has 0 amide bonds. The van der Waals surface area contributed by atoms with Gasteiger partial charge in [0.25, 0.3) is 0 Å². The van der Waals surface area contributed by atoms with Crippen LogP contribution in [-0.2, 0) is 22.1 Å². The van der Waals surface area contributed by atoms with Gasteiger partial charge in [-0.3, -0.25) is 4.79 Å². The van der Waals surface area contributed by atoms with E-state index in [0.717, 1.165) is 6.07 Å². The highest BCUT2D eigenvalue weighted by molar-refractivity contribution is 9.10. The standard InChI is InChI=1S/C11H9BrF4O2/c1-18-10(17)8(12)5-6-2-3-9(13)7(4-6)11(14,15)16/h2-4,8H,5H2,1H3. The van der Waals surface area contributed by atoms with Gasteiger partial charge in [0, 0.05) is 0 Å². The molecule has 0 aliphatic heterocycles. The summed E-state index contributed by atoms with van der Waals surface area (Å²) in [4.78, 5) is 10.3. The lowest BCUT2D eigenvalue weighted by Crippen LogP contribution is -2.18. The Morgan fingerprint density at radius 2 is 2.06 bits per heavy atom. The molecule has 0 radical (unpaired) electrons. The molecular weight excluding hydrogens is 320 g/mol. The monoisotopic (exact) mass is 328 g/mol. The molecule has 100 valence electrons. The Kier molecular flexibility index (Phi) is 4.72. The number of alkyl halides is 4. The van der Waals surface area contributed by atoms with E-state index in [4.69, 9.17) is 0 Å². The van der Waals surface area contributed by atoms with E-state index in [1.165, 1.54) is 13.2 Å². The summed E-state index contributed by atoms with van der Waals surface area (Å²) < 4.78 is 54.8. The third kappa shape index (κ3) is 3.69. The van der Waals surface area contributed by atoms with Crippen LogP contribution in [0.25, 0.3) is 0 Å². The highest BCUT2D eigenvalue weighted by Crippen LogP contribution is 2.32. The normalized spacial score (nSPS) is 13.2. The molecule has 0 fully saturated rings. The van der Waals surface area contributed by atoms with Gasteiger partial charge in [-0.1, -0.05) is 22.0 Å². The van der Waals surface area contributed by atoms with E-state index < -0.39 is 28.4 Å².